The topological polar surface area (TPSA) is 44.7 Å². The molecule has 2 N–H and O–H groups in total. The molecule has 1 aromatic rings. The normalized spacial score (nSPS) is 23.1. The molecule has 118 valence electrons. The van der Waals surface area contributed by atoms with Gasteiger partial charge in [-0.15, -0.1) is 0 Å². The molecule has 1 aliphatic heterocycles. The first-order valence-electron chi connectivity index (χ1n) is 7.37. The number of hydrogen-bond acceptors (Lipinski definition) is 4. The predicted octanol–water partition coefficient (Wildman–Crippen LogP) is 2.08. The Morgan fingerprint density at radius 2 is 2.24 bits per heavy atom. The number of halogens is 1. The maximum atomic E-state index is 14.3. The second-order valence-corrected chi connectivity index (χ2v) is 6.25. The van der Waals surface area contributed by atoms with Crippen molar-refractivity contribution in [1.82, 2.24) is 5.32 Å². The lowest BCUT2D eigenvalue weighted by atomic mass is 10.00. The fourth-order valence-corrected chi connectivity index (χ4v) is 2.95. The molecule has 0 saturated carbocycles. The van der Waals surface area contributed by atoms with E-state index in [-0.39, 0.29) is 30.2 Å². The second-order valence-electron chi connectivity index (χ2n) is 6.25. The molecule has 0 bridgehead atoms. The fourth-order valence-electron chi connectivity index (χ4n) is 2.95. The first-order chi connectivity index (χ1) is 9.88. The van der Waals surface area contributed by atoms with Crippen LogP contribution in [-0.4, -0.2) is 43.6 Å². The lowest BCUT2D eigenvalue weighted by Crippen LogP contribution is -2.54. The van der Waals surface area contributed by atoms with Crippen molar-refractivity contribution in [2.24, 2.45) is 0 Å². The quantitative estimate of drug-likeness (QED) is 0.893. The summed E-state index contributed by atoms with van der Waals surface area (Å²) < 4.78 is 20.1. The van der Waals surface area contributed by atoms with Gasteiger partial charge in [0.25, 0.3) is 0 Å². The Hall–Kier alpha value is -1.17. The van der Waals surface area contributed by atoms with Crippen molar-refractivity contribution in [3.8, 4) is 0 Å². The van der Waals surface area contributed by atoms with Crippen LogP contribution in [0.4, 0.5) is 10.1 Å². The predicted molar refractivity (Wildman–Crippen MR) is 82.1 cm³/mol. The molecule has 0 aromatic heterocycles. The van der Waals surface area contributed by atoms with E-state index in [0.717, 1.165) is 5.69 Å². The summed E-state index contributed by atoms with van der Waals surface area (Å²) in [5.41, 5.74) is 1.15. The lowest BCUT2D eigenvalue weighted by molar-refractivity contribution is -0.101. The summed E-state index contributed by atoms with van der Waals surface area (Å²) in [7, 11) is 1.82. The molecule has 1 saturated heterocycles. The average molecular weight is 296 g/mol. The Labute approximate surface area is 125 Å². The van der Waals surface area contributed by atoms with E-state index in [1.54, 1.807) is 6.07 Å². The van der Waals surface area contributed by atoms with Crippen LogP contribution in [0.1, 0.15) is 32.4 Å². The number of anilines is 1. The molecule has 1 heterocycles. The molecule has 5 heteroatoms. The minimum Gasteiger partial charge on any atom is -0.394 e. The van der Waals surface area contributed by atoms with E-state index in [4.69, 9.17) is 4.74 Å². The van der Waals surface area contributed by atoms with Crippen LogP contribution in [0.5, 0.6) is 0 Å². The van der Waals surface area contributed by atoms with Gasteiger partial charge < -0.3 is 20.1 Å². The first kappa shape index (κ1) is 16.2. The second kappa shape index (κ2) is 6.30. The largest absolute Gasteiger partial charge is 0.394 e. The molecule has 1 aromatic carbocycles. The molecule has 1 fully saturated rings. The van der Waals surface area contributed by atoms with Crippen LogP contribution in [0.15, 0.2) is 18.2 Å². The van der Waals surface area contributed by atoms with E-state index in [1.165, 1.54) is 6.07 Å². The number of morpholine rings is 1. The van der Waals surface area contributed by atoms with Gasteiger partial charge in [-0.25, -0.2) is 4.39 Å². The first-order valence-corrected chi connectivity index (χ1v) is 7.37. The molecule has 0 spiro atoms. The van der Waals surface area contributed by atoms with Gasteiger partial charge in [0.05, 0.1) is 18.3 Å². The molecule has 2 atom stereocenters. The third kappa shape index (κ3) is 3.54. The molecule has 0 radical (unpaired) electrons. The summed E-state index contributed by atoms with van der Waals surface area (Å²) in [4.78, 5) is 2.11. The van der Waals surface area contributed by atoms with Crippen LogP contribution in [0, 0.1) is 5.82 Å². The molecule has 0 amide bonds. The minimum absolute atomic E-state index is 0.0356. The molecule has 21 heavy (non-hydrogen) atoms. The maximum absolute atomic E-state index is 14.3. The maximum Gasteiger partial charge on any atom is 0.130 e. The number of nitrogens with one attached hydrogen (secondary N) is 1. The monoisotopic (exact) mass is 296 g/mol. The molecule has 1 aliphatic rings. The minimum atomic E-state index is -0.377. The molecule has 0 aliphatic carbocycles. The SMILES string of the molecule is CNC(C)c1c(F)cccc1N1CC(CO)OC(C)(C)C1. The number of rotatable bonds is 4. The van der Waals surface area contributed by atoms with Crippen LogP contribution in [0.3, 0.4) is 0 Å². The fraction of sp³-hybridized carbons (Fsp3) is 0.625. The van der Waals surface area contributed by atoms with Crippen molar-refractivity contribution in [2.45, 2.75) is 38.5 Å². The van der Waals surface area contributed by atoms with Crippen LogP contribution in [-0.2, 0) is 4.74 Å². The number of hydrogen-bond donors (Lipinski definition) is 2. The number of aliphatic hydroxyl groups is 1. The van der Waals surface area contributed by atoms with Crippen molar-refractivity contribution in [2.75, 3.05) is 31.6 Å². The molecular formula is C16H25FN2O2. The van der Waals surface area contributed by atoms with Gasteiger partial charge in [-0.1, -0.05) is 6.07 Å². The highest BCUT2D eigenvalue weighted by Gasteiger charge is 2.34. The van der Waals surface area contributed by atoms with E-state index >= 15 is 0 Å². The summed E-state index contributed by atoms with van der Waals surface area (Å²) in [5.74, 6) is -0.209. The number of aliphatic hydroxyl groups excluding tert-OH is 1. The van der Waals surface area contributed by atoms with Gasteiger partial charge in [-0.05, 0) is 40.0 Å². The van der Waals surface area contributed by atoms with Crippen molar-refractivity contribution in [1.29, 1.82) is 0 Å². The van der Waals surface area contributed by atoms with Gasteiger partial charge in [0, 0.05) is 30.4 Å². The van der Waals surface area contributed by atoms with Crippen LogP contribution >= 0.6 is 0 Å². The Kier molecular flexibility index (Phi) is 4.86. The highest BCUT2D eigenvalue weighted by atomic mass is 19.1. The number of benzene rings is 1. The van der Waals surface area contributed by atoms with Crippen molar-refractivity contribution in [3.05, 3.63) is 29.6 Å². The summed E-state index contributed by atoms with van der Waals surface area (Å²) in [6.45, 7) is 7.11. The van der Waals surface area contributed by atoms with Gasteiger partial charge in [0.2, 0.25) is 0 Å². The smallest absolute Gasteiger partial charge is 0.130 e. The highest BCUT2D eigenvalue weighted by Crippen LogP contribution is 2.33. The van der Waals surface area contributed by atoms with Gasteiger partial charge >= 0.3 is 0 Å². The number of nitrogens with zero attached hydrogens (tertiary/aromatic N) is 1. The van der Waals surface area contributed by atoms with Crippen molar-refractivity contribution >= 4 is 5.69 Å². The zero-order chi connectivity index (χ0) is 15.6. The van der Waals surface area contributed by atoms with Gasteiger partial charge in [-0.3, -0.25) is 0 Å². The Bertz CT molecular complexity index is 493. The van der Waals surface area contributed by atoms with Gasteiger partial charge in [-0.2, -0.15) is 0 Å². The Balaban J connectivity index is 2.39. The van der Waals surface area contributed by atoms with E-state index in [2.05, 4.69) is 10.2 Å². The Morgan fingerprint density at radius 3 is 2.86 bits per heavy atom. The zero-order valence-corrected chi connectivity index (χ0v) is 13.2. The summed E-state index contributed by atoms with van der Waals surface area (Å²) >= 11 is 0. The van der Waals surface area contributed by atoms with E-state index < -0.39 is 0 Å². The summed E-state index contributed by atoms with van der Waals surface area (Å²) in [6, 6.07) is 5.07. The number of ether oxygens (including phenoxy) is 1. The van der Waals surface area contributed by atoms with E-state index in [1.807, 2.05) is 33.9 Å². The Morgan fingerprint density at radius 1 is 1.52 bits per heavy atom. The molecule has 4 nitrogen and oxygen atoms in total. The van der Waals surface area contributed by atoms with Crippen LogP contribution in [0.2, 0.25) is 0 Å². The summed E-state index contributed by atoms with van der Waals surface area (Å²) in [5, 5.41) is 12.5. The van der Waals surface area contributed by atoms with Gasteiger partial charge in [0.1, 0.15) is 5.82 Å². The van der Waals surface area contributed by atoms with E-state index in [0.29, 0.717) is 18.7 Å². The lowest BCUT2D eigenvalue weighted by Gasteiger charge is -2.44. The molecule has 2 rings (SSSR count). The zero-order valence-electron chi connectivity index (χ0n) is 13.2. The third-order valence-electron chi connectivity index (χ3n) is 3.92. The van der Waals surface area contributed by atoms with E-state index in [9.17, 15) is 9.50 Å². The average Bonchev–Trinajstić information content (AvgIpc) is 2.44. The standard InChI is InChI=1S/C16H25FN2O2/c1-11(18-4)15-13(17)6-5-7-14(15)19-8-12(9-20)21-16(2,3)10-19/h5-7,11-12,18,20H,8-10H2,1-4H3. The molecular weight excluding hydrogens is 271 g/mol. The summed E-state index contributed by atoms with van der Waals surface area (Å²) in [6.07, 6.45) is -0.255. The molecule has 2 unspecified atom stereocenters. The van der Waals surface area contributed by atoms with Crippen molar-refractivity contribution in [3.63, 3.8) is 0 Å². The third-order valence-corrected chi connectivity index (χ3v) is 3.92. The van der Waals surface area contributed by atoms with Crippen LogP contribution in [0.25, 0.3) is 0 Å². The van der Waals surface area contributed by atoms with Crippen LogP contribution < -0.4 is 10.2 Å². The van der Waals surface area contributed by atoms with Crippen molar-refractivity contribution < 1.29 is 14.2 Å². The van der Waals surface area contributed by atoms with Gasteiger partial charge in [0.15, 0.2) is 0 Å². The highest BCUT2D eigenvalue weighted by molar-refractivity contribution is 5.56.